The zero-order valence-electron chi connectivity index (χ0n) is 8.53. The molecule has 0 aliphatic heterocycles. The minimum Gasteiger partial charge on any atom is -0.389 e. The average molecular weight is 186 g/mol. The Balaban J connectivity index is 3.88. The van der Waals surface area contributed by atoms with Gasteiger partial charge in [-0.3, -0.25) is 4.90 Å². The van der Waals surface area contributed by atoms with Crippen molar-refractivity contribution in [3.05, 3.63) is 0 Å². The second-order valence-corrected chi connectivity index (χ2v) is 3.29. The molecule has 1 N–H and O–H groups in total. The molecule has 0 saturated heterocycles. The molecule has 1 unspecified atom stereocenters. The first-order chi connectivity index (χ1) is 6.11. The van der Waals surface area contributed by atoms with E-state index in [0.717, 1.165) is 0 Å². The number of ether oxygens (including phenoxy) is 1. The summed E-state index contributed by atoms with van der Waals surface area (Å²) in [5.41, 5.74) is 0. The van der Waals surface area contributed by atoms with Crippen molar-refractivity contribution in [2.24, 2.45) is 0 Å². The van der Waals surface area contributed by atoms with Gasteiger partial charge in [-0.1, -0.05) is 0 Å². The van der Waals surface area contributed by atoms with Crippen molar-refractivity contribution >= 4 is 0 Å². The highest BCUT2D eigenvalue weighted by molar-refractivity contribution is 4.80. The summed E-state index contributed by atoms with van der Waals surface area (Å²) >= 11 is 0. The number of aliphatic hydroxyl groups is 1. The number of hydrogen-bond donors (Lipinski definition) is 1. The summed E-state index contributed by atoms with van der Waals surface area (Å²) in [6.45, 7) is 5.14. The van der Waals surface area contributed by atoms with Gasteiger partial charge in [0.2, 0.25) is 0 Å². The molecule has 4 nitrogen and oxygen atoms in total. The Morgan fingerprint density at radius 1 is 1.54 bits per heavy atom. The van der Waals surface area contributed by atoms with Crippen molar-refractivity contribution in [1.29, 1.82) is 5.26 Å². The van der Waals surface area contributed by atoms with E-state index in [9.17, 15) is 5.11 Å². The molecule has 0 amide bonds. The van der Waals surface area contributed by atoms with E-state index < -0.39 is 6.10 Å². The summed E-state index contributed by atoms with van der Waals surface area (Å²) in [4.78, 5) is 1.91. The second kappa shape index (κ2) is 6.84. The van der Waals surface area contributed by atoms with Crippen molar-refractivity contribution in [3.63, 3.8) is 0 Å². The summed E-state index contributed by atoms with van der Waals surface area (Å²) in [7, 11) is 1.55. The van der Waals surface area contributed by atoms with Crippen LogP contribution in [-0.2, 0) is 4.74 Å². The minimum absolute atomic E-state index is 0.270. The van der Waals surface area contributed by atoms with Crippen molar-refractivity contribution < 1.29 is 9.84 Å². The van der Waals surface area contributed by atoms with Gasteiger partial charge in [0, 0.05) is 19.7 Å². The maximum atomic E-state index is 9.42. The number of nitrogens with zero attached hydrogens (tertiary/aromatic N) is 2. The third-order valence-electron chi connectivity index (χ3n) is 1.81. The van der Waals surface area contributed by atoms with Gasteiger partial charge in [0.15, 0.2) is 0 Å². The largest absolute Gasteiger partial charge is 0.389 e. The van der Waals surface area contributed by atoms with Crippen LogP contribution in [0, 0.1) is 11.3 Å². The van der Waals surface area contributed by atoms with Crippen LogP contribution >= 0.6 is 0 Å². The van der Waals surface area contributed by atoms with E-state index in [1.165, 1.54) is 0 Å². The molecule has 0 saturated carbocycles. The molecule has 0 aromatic heterocycles. The standard InChI is InChI=1S/C9H18N2O2/c1-8(2)11(5-4-10)6-9(12)7-13-3/h8-9,12H,5-7H2,1-3H3. The highest BCUT2D eigenvalue weighted by Crippen LogP contribution is 1.99. The lowest BCUT2D eigenvalue weighted by molar-refractivity contribution is 0.0340. The Kier molecular flexibility index (Phi) is 6.51. The maximum Gasteiger partial charge on any atom is 0.0900 e. The molecule has 0 heterocycles. The van der Waals surface area contributed by atoms with E-state index in [2.05, 4.69) is 6.07 Å². The predicted octanol–water partition coefficient (Wildman–Crippen LogP) is 0.228. The SMILES string of the molecule is COCC(O)CN(CC#N)C(C)C. The Bertz CT molecular complexity index is 165. The third-order valence-corrected chi connectivity index (χ3v) is 1.81. The van der Waals surface area contributed by atoms with Gasteiger partial charge in [-0.15, -0.1) is 0 Å². The topological polar surface area (TPSA) is 56.5 Å². The lowest BCUT2D eigenvalue weighted by atomic mass is 10.2. The Morgan fingerprint density at radius 2 is 2.15 bits per heavy atom. The summed E-state index contributed by atoms with van der Waals surface area (Å²) in [5, 5.41) is 17.9. The van der Waals surface area contributed by atoms with Gasteiger partial charge in [0.05, 0.1) is 25.3 Å². The molecule has 0 bridgehead atoms. The number of nitriles is 1. The van der Waals surface area contributed by atoms with Gasteiger partial charge in [0.25, 0.3) is 0 Å². The molecule has 0 rings (SSSR count). The van der Waals surface area contributed by atoms with Gasteiger partial charge in [0.1, 0.15) is 0 Å². The van der Waals surface area contributed by atoms with Crippen LogP contribution < -0.4 is 0 Å². The van der Waals surface area contributed by atoms with Crippen LogP contribution in [0.4, 0.5) is 0 Å². The maximum absolute atomic E-state index is 9.42. The fourth-order valence-electron chi connectivity index (χ4n) is 1.06. The fourth-order valence-corrected chi connectivity index (χ4v) is 1.06. The van der Waals surface area contributed by atoms with Gasteiger partial charge >= 0.3 is 0 Å². The molecule has 4 heteroatoms. The van der Waals surface area contributed by atoms with Gasteiger partial charge in [-0.2, -0.15) is 5.26 Å². The van der Waals surface area contributed by atoms with Gasteiger partial charge in [-0.25, -0.2) is 0 Å². The Labute approximate surface area is 79.7 Å². The summed E-state index contributed by atoms with van der Waals surface area (Å²) < 4.78 is 4.80. The van der Waals surface area contributed by atoms with Crippen LogP contribution in [-0.4, -0.2) is 49.0 Å². The highest BCUT2D eigenvalue weighted by Gasteiger charge is 2.13. The van der Waals surface area contributed by atoms with Crippen LogP contribution in [0.15, 0.2) is 0 Å². The molecular weight excluding hydrogens is 168 g/mol. The Hall–Kier alpha value is -0.630. The smallest absolute Gasteiger partial charge is 0.0900 e. The lowest BCUT2D eigenvalue weighted by Gasteiger charge is -2.25. The number of hydrogen-bond acceptors (Lipinski definition) is 4. The van der Waals surface area contributed by atoms with Crippen LogP contribution in [0.2, 0.25) is 0 Å². The van der Waals surface area contributed by atoms with E-state index in [4.69, 9.17) is 10.00 Å². The van der Waals surface area contributed by atoms with Crippen molar-refractivity contribution in [3.8, 4) is 6.07 Å². The first kappa shape index (κ1) is 12.4. The van der Waals surface area contributed by atoms with Crippen LogP contribution in [0.1, 0.15) is 13.8 Å². The van der Waals surface area contributed by atoms with Crippen molar-refractivity contribution in [2.75, 3.05) is 26.8 Å². The van der Waals surface area contributed by atoms with E-state index >= 15 is 0 Å². The second-order valence-electron chi connectivity index (χ2n) is 3.29. The summed E-state index contributed by atoms with van der Waals surface area (Å²) in [6.07, 6.45) is -0.513. The molecule has 0 aliphatic rings. The van der Waals surface area contributed by atoms with Crippen LogP contribution in [0.5, 0.6) is 0 Å². The molecule has 0 spiro atoms. The summed E-state index contributed by atoms with van der Waals surface area (Å²) in [6, 6.07) is 2.34. The molecule has 76 valence electrons. The minimum atomic E-state index is -0.513. The van der Waals surface area contributed by atoms with E-state index in [1.807, 2.05) is 18.7 Å². The first-order valence-corrected chi connectivity index (χ1v) is 4.39. The molecule has 0 fully saturated rings. The van der Waals surface area contributed by atoms with Crippen molar-refractivity contribution in [1.82, 2.24) is 4.90 Å². The first-order valence-electron chi connectivity index (χ1n) is 4.39. The zero-order chi connectivity index (χ0) is 10.3. The molecule has 0 aromatic rings. The van der Waals surface area contributed by atoms with Gasteiger partial charge < -0.3 is 9.84 Å². The summed E-state index contributed by atoms with van der Waals surface area (Å²) in [5.74, 6) is 0. The molecular formula is C9H18N2O2. The third kappa shape index (κ3) is 5.58. The number of aliphatic hydroxyl groups excluding tert-OH is 1. The predicted molar refractivity (Wildman–Crippen MR) is 50.2 cm³/mol. The fraction of sp³-hybridized carbons (Fsp3) is 0.889. The van der Waals surface area contributed by atoms with Gasteiger partial charge in [-0.05, 0) is 13.8 Å². The number of rotatable bonds is 6. The monoisotopic (exact) mass is 186 g/mol. The molecule has 0 radical (unpaired) electrons. The molecule has 13 heavy (non-hydrogen) atoms. The molecule has 1 atom stereocenters. The molecule has 0 aliphatic carbocycles. The van der Waals surface area contributed by atoms with E-state index in [1.54, 1.807) is 7.11 Å². The molecule has 0 aromatic carbocycles. The van der Waals surface area contributed by atoms with Crippen LogP contribution in [0.25, 0.3) is 0 Å². The van der Waals surface area contributed by atoms with Crippen LogP contribution in [0.3, 0.4) is 0 Å². The van der Waals surface area contributed by atoms with E-state index in [-0.39, 0.29) is 6.04 Å². The van der Waals surface area contributed by atoms with E-state index in [0.29, 0.717) is 19.7 Å². The normalized spacial score (nSPS) is 13.3. The highest BCUT2D eigenvalue weighted by atomic mass is 16.5. The Morgan fingerprint density at radius 3 is 2.54 bits per heavy atom. The zero-order valence-corrected chi connectivity index (χ0v) is 8.53. The quantitative estimate of drug-likeness (QED) is 0.603. The van der Waals surface area contributed by atoms with Crippen molar-refractivity contribution in [2.45, 2.75) is 26.0 Å². The average Bonchev–Trinajstić information content (AvgIpc) is 2.04. The number of methoxy groups -OCH3 is 1. The lowest BCUT2D eigenvalue weighted by Crippen LogP contribution is -2.39.